The fraction of sp³-hybridized carbons (Fsp3) is 0.400. The number of alkyl halides is 1. The van der Waals surface area contributed by atoms with E-state index in [1.807, 2.05) is 0 Å². The van der Waals surface area contributed by atoms with Gasteiger partial charge in [0.2, 0.25) is 0 Å². The Bertz CT molecular complexity index is 467. The van der Waals surface area contributed by atoms with E-state index in [-0.39, 0.29) is 0 Å². The molecule has 6 heteroatoms. The van der Waals surface area contributed by atoms with Gasteiger partial charge in [0.05, 0.1) is 0 Å². The van der Waals surface area contributed by atoms with Gasteiger partial charge in [-0.15, -0.1) is 0 Å². The molecule has 90 valence electrons. The third-order valence-corrected chi connectivity index (χ3v) is 6.52. The van der Waals surface area contributed by atoms with Crippen molar-refractivity contribution in [2.24, 2.45) is 0 Å². The molecule has 0 spiro atoms. The first-order valence-corrected chi connectivity index (χ1v) is 7.54. The summed E-state index contributed by atoms with van der Waals surface area (Å²) in [6, 6.07) is 6.40. The highest BCUT2D eigenvalue weighted by molar-refractivity contribution is 9.11. The molecule has 0 saturated carbocycles. The van der Waals surface area contributed by atoms with Crippen LogP contribution in [0.3, 0.4) is 0 Å². The van der Waals surface area contributed by atoms with E-state index in [0.717, 1.165) is 6.26 Å². The van der Waals surface area contributed by atoms with Crippen molar-refractivity contribution in [3.05, 3.63) is 34.9 Å². The lowest BCUT2D eigenvalue weighted by atomic mass is 10.1. The lowest BCUT2D eigenvalue weighted by Gasteiger charge is -2.26. The van der Waals surface area contributed by atoms with Crippen molar-refractivity contribution in [1.29, 1.82) is 0 Å². The van der Waals surface area contributed by atoms with Crippen molar-refractivity contribution >= 4 is 37.4 Å². The third-order valence-electron chi connectivity index (χ3n) is 2.40. The fourth-order valence-electron chi connectivity index (χ4n) is 1.15. The Balaban J connectivity index is 3.12. The van der Waals surface area contributed by atoms with Crippen molar-refractivity contribution < 1.29 is 13.5 Å². The summed E-state index contributed by atoms with van der Waals surface area (Å²) in [6.07, 6.45) is -0.0827. The molecule has 1 N–H and O–H groups in total. The number of halogens is 2. The summed E-state index contributed by atoms with van der Waals surface area (Å²) in [6.45, 7) is 1.42. The van der Waals surface area contributed by atoms with Gasteiger partial charge in [-0.2, -0.15) is 0 Å². The Morgan fingerprint density at radius 3 is 2.19 bits per heavy atom. The Morgan fingerprint density at radius 2 is 1.81 bits per heavy atom. The normalized spacial score (nSPS) is 17.8. The molecule has 0 amide bonds. The molecule has 0 fully saturated rings. The highest BCUT2D eigenvalue weighted by Crippen LogP contribution is 2.38. The van der Waals surface area contributed by atoms with E-state index in [4.69, 9.17) is 11.6 Å². The lowest BCUT2D eigenvalue weighted by molar-refractivity contribution is 0.168. The molecule has 0 aromatic heterocycles. The minimum atomic E-state index is -3.43. The molecule has 0 aliphatic heterocycles. The van der Waals surface area contributed by atoms with Gasteiger partial charge in [0.15, 0.2) is 13.5 Å². The van der Waals surface area contributed by atoms with Gasteiger partial charge in [-0.05, 0) is 24.6 Å². The highest BCUT2D eigenvalue weighted by atomic mass is 79.9. The van der Waals surface area contributed by atoms with E-state index in [0.29, 0.717) is 10.6 Å². The molecule has 0 bridgehead atoms. The summed E-state index contributed by atoms with van der Waals surface area (Å²) in [5, 5.41) is 10.5. The van der Waals surface area contributed by atoms with Crippen LogP contribution >= 0.6 is 27.5 Å². The van der Waals surface area contributed by atoms with Crippen LogP contribution in [0.15, 0.2) is 24.3 Å². The molecule has 0 saturated heterocycles. The average Bonchev–Trinajstić information content (AvgIpc) is 2.16. The zero-order valence-corrected chi connectivity index (χ0v) is 12.0. The summed E-state index contributed by atoms with van der Waals surface area (Å²) >= 11 is 8.76. The maximum Gasteiger partial charge on any atom is 0.165 e. The second-order valence-electron chi connectivity index (χ2n) is 3.71. The topological polar surface area (TPSA) is 54.4 Å². The molecule has 0 radical (unpaired) electrons. The van der Waals surface area contributed by atoms with Crippen molar-refractivity contribution in [3.8, 4) is 0 Å². The van der Waals surface area contributed by atoms with E-state index >= 15 is 0 Å². The van der Waals surface area contributed by atoms with Gasteiger partial charge in [-0.1, -0.05) is 39.7 Å². The number of benzene rings is 1. The van der Waals surface area contributed by atoms with Crippen LogP contribution in [0.4, 0.5) is 0 Å². The van der Waals surface area contributed by atoms with Gasteiger partial charge >= 0.3 is 0 Å². The molecule has 0 unspecified atom stereocenters. The number of aliphatic hydroxyl groups is 1. The van der Waals surface area contributed by atoms with Crippen molar-refractivity contribution in [2.75, 3.05) is 6.26 Å². The van der Waals surface area contributed by atoms with E-state index < -0.39 is 19.6 Å². The second-order valence-corrected chi connectivity index (χ2v) is 8.71. The fourth-order valence-corrected chi connectivity index (χ4v) is 2.08. The maximum absolute atomic E-state index is 11.5. The van der Waals surface area contributed by atoms with Crippen LogP contribution in [0.25, 0.3) is 0 Å². The van der Waals surface area contributed by atoms with Crippen molar-refractivity contribution in [2.45, 2.75) is 16.7 Å². The predicted octanol–water partition coefficient (Wildman–Crippen LogP) is 2.53. The molecule has 1 rings (SSSR count). The van der Waals surface area contributed by atoms with Crippen LogP contribution in [0.1, 0.15) is 18.6 Å². The zero-order valence-electron chi connectivity index (χ0n) is 8.81. The maximum atomic E-state index is 11.5. The standard InChI is InChI=1S/C10H12BrClO3S/c1-10(11,16(2,14)15)9(13)7-3-5-8(12)6-4-7/h3-6,9,13H,1-2H3/t9-,10+/m0/s1. The average molecular weight is 328 g/mol. The Labute approximate surface area is 108 Å². The van der Waals surface area contributed by atoms with Crippen LogP contribution in [-0.2, 0) is 9.84 Å². The first-order chi connectivity index (χ1) is 7.16. The van der Waals surface area contributed by atoms with E-state index in [1.54, 1.807) is 24.3 Å². The van der Waals surface area contributed by atoms with E-state index in [2.05, 4.69) is 15.9 Å². The van der Waals surface area contributed by atoms with Crippen LogP contribution in [-0.4, -0.2) is 23.4 Å². The van der Waals surface area contributed by atoms with Gasteiger partial charge in [0, 0.05) is 11.3 Å². The molecule has 1 aromatic carbocycles. The van der Waals surface area contributed by atoms with Crippen LogP contribution in [0.5, 0.6) is 0 Å². The highest BCUT2D eigenvalue weighted by Gasteiger charge is 2.41. The van der Waals surface area contributed by atoms with Crippen LogP contribution in [0, 0.1) is 0 Å². The molecule has 1 aromatic rings. The van der Waals surface area contributed by atoms with Gasteiger partial charge in [0.1, 0.15) is 6.10 Å². The quantitative estimate of drug-likeness (QED) is 0.868. The Kier molecular flexibility index (Phi) is 4.05. The molecule has 3 nitrogen and oxygen atoms in total. The molecular weight excluding hydrogens is 316 g/mol. The first kappa shape index (κ1) is 14.0. The van der Waals surface area contributed by atoms with Crippen molar-refractivity contribution in [1.82, 2.24) is 0 Å². The number of hydrogen-bond donors (Lipinski definition) is 1. The van der Waals surface area contributed by atoms with E-state index in [1.165, 1.54) is 6.92 Å². The smallest absolute Gasteiger partial charge is 0.165 e. The number of aliphatic hydroxyl groups excluding tert-OH is 1. The zero-order chi connectivity index (χ0) is 12.6. The largest absolute Gasteiger partial charge is 0.386 e. The molecule has 0 aliphatic rings. The summed E-state index contributed by atoms with van der Waals surface area (Å²) in [4.78, 5) is 0. The number of sulfone groups is 1. The SMILES string of the molecule is C[C@](Br)([C@@H](O)c1ccc(Cl)cc1)S(C)(=O)=O. The summed E-state index contributed by atoms with van der Waals surface area (Å²) in [7, 11) is -3.43. The van der Waals surface area contributed by atoms with Gasteiger partial charge < -0.3 is 5.11 Å². The molecule has 2 atom stereocenters. The molecule has 0 heterocycles. The Hall–Kier alpha value is -0.100. The summed E-state index contributed by atoms with van der Waals surface area (Å²) in [5.41, 5.74) is 0.495. The number of hydrogen-bond acceptors (Lipinski definition) is 3. The molecule has 16 heavy (non-hydrogen) atoms. The first-order valence-electron chi connectivity index (χ1n) is 4.48. The Morgan fingerprint density at radius 1 is 1.38 bits per heavy atom. The van der Waals surface area contributed by atoms with E-state index in [9.17, 15) is 13.5 Å². The van der Waals surface area contributed by atoms with Crippen molar-refractivity contribution in [3.63, 3.8) is 0 Å². The molecule has 0 aliphatic carbocycles. The second kappa shape index (κ2) is 4.64. The van der Waals surface area contributed by atoms with Crippen LogP contribution in [0.2, 0.25) is 5.02 Å². The predicted molar refractivity (Wildman–Crippen MR) is 68.6 cm³/mol. The lowest BCUT2D eigenvalue weighted by Crippen LogP contribution is -2.34. The monoisotopic (exact) mass is 326 g/mol. The van der Waals surface area contributed by atoms with Crippen LogP contribution < -0.4 is 0 Å². The number of rotatable bonds is 3. The van der Waals surface area contributed by atoms with Gasteiger partial charge in [-0.3, -0.25) is 0 Å². The molecular formula is C10H12BrClO3S. The summed E-state index contributed by atoms with van der Waals surface area (Å²) in [5.74, 6) is 0. The van der Waals surface area contributed by atoms with Gasteiger partial charge in [-0.25, -0.2) is 8.42 Å². The minimum Gasteiger partial charge on any atom is -0.386 e. The minimum absolute atomic E-state index is 0.495. The summed E-state index contributed by atoms with van der Waals surface area (Å²) < 4.78 is 21.6. The third kappa shape index (κ3) is 2.77. The van der Waals surface area contributed by atoms with Gasteiger partial charge in [0.25, 0.3) is 0 Å².